The first-order chi connectivity index (χ1) is 14.6. The smallest absolute Gasteiger partial charge is 0.431 e. The van der Waals surface area contributed by atoms with Crippen molar-refractivity contribution in [1.29, 1.82) is 5.26 Å². The molecule has 10 heteroatoms. The number of para-hydroxylation sites is 1. The van der Waals surface area contributed by atoms with E-state index >= 15 is 0 Å². The Kier molecular flexibility index (Phi) is 7.02. The molecule has 0 N–H and O–H groups in total. The number of halogens is 4. The van der Waals surface area contributed by atoms with Crippen LogP contribution in [0.25, 0.3) is 5.69 Å². The van der Waals surface area contributed by atoms with Crippen LogP contribution in [0.2, 0.25) is 0 Å². The Bertz CT molecular complexity index is 1240. The van der Waals surface area contributed by atoms with Gasteiger partial charge in [-0.3, -0.25) is 9.36 Å². The van der Waals surface area contributed by atoms with Gasteiger partial charge in [0.25, 0.3) is 5.56 Å². The molecule has 0 atom stereocenters. The van der Waals surface area contributed by atoms with Gasteiger partial charge in [-0.1, -0.05) is 32.0 Å². The van der Waals surface area contributed by atoms with Crippen LogP contribution in [0.1, 0.15) is 25.1 Å². The quantitative estimate of drug-likeness (QED) is 0.572. The van der Waals surface area contributed by atoms with Crippen molar-refractivity contribution in [2.45, 2.75) is 20.0 Å². The molecule has 0 aliphatic carbocycles. The molecule has 0 unspecified atom stereocenters. The maximum absolute atomic E-state index is 14.5. The minimum absolute atomic E-state index is 0.177. The summed E-state index contributed by atoms with van der Waals surface area (Å²) in [7, 11) is 0.810. The highest BCUT2D eigenvalue weighted by molar-refractivity contribution is 5.52. The molecule has 0 bridgehead atoms. The van der Waals surface area contributed by atoms with E-state index < -0.39 is 34.6 Å². The molecule has 2 aromatic carbocycles. The van der Waals surface area contributed by atoms with Gasteiger partial charge in [-0.15, -0.1) is 0 Å². The number of benzene rings is 2. The van der Waals surface area contributed by atoms with Crippen LogP contribution in [0.5, 0.6) is 11.5 Å². The average molecular weight is 435 g/mol. The molecule has 31 heavy (non-hydrogen) atoms. The minimum Gasteiger partial charge on any atom is -0.456 e. The third kappa shape index (κ3) is 4.83. The summed E-state index contributed by atoms with van der Waals surface area (Å²) in [6.07, 6.45) is -4.95. The minimum atomic E-state index is -4.95. The molecule has 0 aliphatic rings. The Balaban J connectivity index is 0.00000166. The summed E-state index contributed by atoms with van der Waals surface area (Å²) in [5, 5.41) is 9.21. The highest BCUT2D eigenvalue weighted by Gasteiger charge is 2.35. The van der Waals surface area contributed by atoms with E-state index in [2.05, 4.69) is 0 Å². The normalized spacial score (nSPS) is 10.6. The molecule has 3 rings (SSSR count). The molecule has 0 fully saturated rings. The van der Waals surface area contributed by atoms with Crippen LogP contribution in [0, 0.1) is 17.1 Å². The summed E-state index contributed by atoms with van der Waals surface area (Å²) in [4.78, 5) is 24.6. The fourth-order valence-electron chi connectivity index (χ4n) is 2.62. The van der Waals surface area contributed by atoms with Crippen molar-refractivity contribution in [2.24, 2.45) is 7.05 Å². The molecule has 6 nitrogen and oxygen atoms in total. The molecular formula is C21H17F4N3O3. The SMILES string of the molecule is CC.Cn1c(C(F)(F)F)cc(=O)n(-c2cc(Oc3ccccc3)c(C#N)cc2F)c1=O. The number of aromatic nitrogens is 2. The van der Waals surface area contributed by atoms with Crippen molar-refractivity contribution in [3.05, 3.63) is 86.4 Å². The van der Waals surface area contributed by atoms with E-state index in [1.807, 2.05) is 13.8 Å². The molecule has 1 aromatic heterocycles. The van der Waals surface area contributed by atoms with Gasteiger partial charge in [-0.2, -0.15) is 18.4 Å². The Morgan fingerprint density at radius 1 is 1.03 bits per heavy atom. The molecule has 0 spiro atoms. The molecule has 162 valence electrons. The highest BCUT2D eigenvalue weighted by Crippen LogP contribution is 2.30. The van der Waals surface area contributed by atoms with Crippen molar-refractivity contribution >= 4 is 0 Å². The summed E-state index contributed by atoms with van der Waals surface area (Å²) in [6.45, 7) is 4.00. The van der Waals surface area contributed by atoms with Crippen molar-refractivity contribution in [1.82, 2.24) is 9.13 Å². The number of rotatable bonds is 3. The second-order valence-corrected chi connectivity index (χ2v) is 5.87. The third-order valence-corrected chi connectivity index (χ3v) is 3.99. The van der Waals surface area contributed by atoms with Crippen LogP contribution in [-0.2, 0) is 13.2 Å². The maximum atomic E-state index is 14.5. The Morgan fingerprint density at radius 2 is 1.65 bits per heavy atom. The van der Waals surface area contributed by atoms with Gasteiger partial charge in [-0.05, 0) is 18.2 Å². The lowest BCUT2D eigenvalue weighted by atomic mass is 10.1. The number of hydrogen-bond acceptors (Lipinski definition) is 4. The summed E-state index contributed by atoms with van der Waals surface area (Å²) in [5.74, 6) is -1.04. The number of hydrogen-bond donors (Lipinski definition) is 0. The van der Waals surface area contributed by atoms with Crippen molar-refractivity contribution < 1.29 is 22.3 Å². The van der Waals surface area contributed by atoms with Crippen molar-refractivity contribution in [3.8, 4) is 23.3 Å². The van der Waals surface area contributed by atoms with Crippen molar-refractivity contribution in [2.75, 3.05) is 0 Å². The van der Waals surface area contributed by atoms with Crippen LogP contribution < -0.4 is 16.0 Å². The molecular weight excluding hydrogens is 418 g/mol. The van der Waals surface area contributed by atoms with Gasteiger partial charge in [0.05, 0.1) is 11.3 Å². The van der Waals surface area contributed by atoms with Crippen LogP contribution in [0.4, 0.5) is 17.6 Å². The first-order valence-electron chi connectivity index (χ1n) is 9.00. The predicted molar refractivity (Wildman–Crippen MR) is 105 cm³/mol. The predicted octanol–water partition coefficient (Wildman–Crippen LogP) is 4.38. The number of nitriles is 1. The fourth-order valence-corrected chi connectivity index (χ4v) is 2.62. The molecule has 0 amide bonds. The zero-order valence-corrected chi connectivity index (χ0v) is 16.7. The van der Waals surface area contributed by atoms with Crippen LogP contribution >= 0.6 is 0 Å². The van der Waals surface area contributed by atoms with E-state index in [0.29, 0.717) is 0 Å². The summed E-state index contributed by atoms with van der Waals surface area (Å²) in [6, 6.07) is 11.6. The average Bonchev–Trinajstić information content (AvgIpc) is 2.74. The third-order valence-electron chi connectivity index (χ3n) is 3.99. The van der Waals surface area contributed by atoms with Crippen LogP contribution in [0.3, 0.4) is 0 Å². The van der Waals surface area contributed by atoms with E-state index in [1.54, 1.807) is 36.4 Å². The van der Waals surface area contributed by atoms with Gasteiger partial charge in [0, 0.05) is 19.2 Å². The van der Waals surface area contributed by atoms with E-state index in [4.69, 9.17) is 4.74 Å². The molecule has 0 aliphatic heterocycles. The largest absolute Gasteiger partial charge is 0.456 e. The molecule has 3 aromatic rings. The molecule has 0 saturated carbocycles. The van der Waals surface area contributed by atoms with Gasteiger partial charge in [0.15, 0.2) is 0 Å². The summed E-state index contributed by atoms with van der Waals surface area (Å²) < 4.78 is 59.4. The lowest BCUT2D eigenvalue weighted by molar-refractivity contribution is -0.144. The van der Waals surface area contributed by atoms with Gasteiger partial charge in [0.1, 0.15) is 29.1 Å². The van der Waals surface area contributed by atoms with Gasteiger partial charge < -0.3 is 4.74 Å². The fraction of sp³-hybridized carbons (Fsp3) is 0.190. The lowest BCUT2D eigenvalue weighted by Gasteiger charge is -2.15. The van der Waals surface area contributed by atoms with E-state index in [1.165, 1.54) is 0 Å². The molecule has 0 saturated heterocycles. The van der Waals surface area contributed by atoms with Gasteiger partial charge in [-0.25, -0.2) is 13.8 Å². The summed E-state index contributed by atoms with van der Waals surface area (Å²) in [5.41, 5.74) is -5.13. The topological polar surface area (TPSA) is 77.0 Å². The standard InChI is InChI=1S/C19H11F4N3O3.C2H6/c1-25-16(19(21,22)23)9-17(27)26(18(25)28)14-8-15(11(10-24)7-13(14)20)29-12-5-3-2-4-6-12;1-2/h2-9H,1H3;1-2H3. The second kappa shape index (κ2) is 9.30. The zero-order chi connectivity index (χ0) is 23.3. The molecule has 1 heterocycles. The number of alkyl halides is 3. The van der Waals surface area contributed by atoms with Gasteiger partial charge >= 0.3 is 11.9 Å². The Hall–Kier alpha value is -3.87. The van der Waals surface area contributed by atoms with Gasteiger partial charge in [0.2, 0.25) is 0 Å². The zero-order valence-electron chi connectivity index (χ0n) is 16.7. The highest BCUT2D eigenvalue weighted by atomic mass is 19.4. The maximum Gasteiger partial charge on any atom is 0.431 e. The first-order valence-corrected chi connectivity index (χ1v) is 9.00. The Morgan fingerprint density at radius 3 is 2.19 bits per heavy atom. The first kappa shape index (κ1) is 23.4. The lowest BCUT2D eigenvalue weighted by Crippen LogP contribution is -2.41. The van der Waals surface area contributed by atoms with E-state index in [0.717, 1.165) is 19.2 Å². The van der Waals surface area contributed by atoms with Crippen LogP contribution in [-0.4, -0.2) is 9.13 Å². The van der Waals surface area contributed by atoms with E-state index in [-0.39, 0.29) is 32.3 Å². The second-order valence-electron chi connectivity index (χ2n) is 5.87. The summed E-state index contributed by atoms with van der Waals surface area (Å²) >= 11 is 0. The van der Waals surface area contributed by atoms with Crippen LogP contribution in [0.15, 0.2) is 58.1 Å². The number of ether oxygens (including phenoxy) is 1. The van der Waals surface area contributed by atoms with Crippen molar-refractivity contribution in [3.63, 3.8) is 0 Å². The monoisotopic (exact) mass is 435 g/mol. The number of nitrogens with zero attached hydrogens (tertiary/aromatic N) is 3. The Labute approximate surface area is 174 Å². The molecule has 0 radical (unpaired) electrons. The van der Waals surface area contributed by atoms with E-state index in [9.17, 15) is 32.4 Å².